The number of ether oxygens (including phenoxy) is 2. The Morgan fingerprint density at radius 1 is 1.07 bits per heavy atom. The van der Waals surface area contributed by atoms with Gasteiger partial charge in [-0.2, -0.15) is 0 Å². The summed E-state index contributed by atoms with van der Waals surface area (Å²) in [5.74, 6) is 3.04. The van der Waals surface area contributed by atoms with E-state index in [2.05, 4.69) is 25.5 Å². The van der Waals surface area contributed by atoms with Gasteiger partial charge in [-0.05, 0) is 51.4 Å². The number of nitrogens with one attached hydrogen (secondary N) is 2. The highest BCUT2D eigenvalue weighted by Crippen LogP contribution is 2.30. The van der Waals surface area contributed by atoms with Crippen molar-refractivity contribution in [3.05, 3.63) is 18.2 Å². The molecule has 1 aliphatic heterocycles. The lowest BCUT2D eigenvalue weighted by Crippen LogP contribution is -2.35. The van der Waals surface area contributed by atoms with Gasteiger partial charge in [0.25, 0.3) is 0 Å². The van der Waals surface area contributed by atoms with E-state index in [1.165, 1.54) is 25.9 Å². The molecule has 0 radical (unpaired) electrons. The van der Waals surface area contributed by atoms with Crippen LogP contribution < -0.4 is 20.1 Å². The number of rotatable bonds is 9. The number of anilines is 1. The van der Waals surface area contributed by atoms with Crippen LogP contribution >= 0.6 is 0 Å². The Balaban J connectivity index is 1.97. The van der Waals surface area contributed by atoms with E-state index in [1.807, 2.05) is 32.0 Å². The predicted octanol–water partition coefficient (Wildman–Crippen LogP) is 3.38. The van der Waals surface area contributed by atoms with Gasteiger partial charge < -0.3 is 25.0 Å². The van der Waals surface area contributed by atoms with Gasteiger partial charge in [0.05, 0.1) is 13.2 Å². The standard InChI is InChI=1S/C21H35N5O2/c1-5-20(22-3)25-21(23-4)24-17-10-11-18(27-6-2)19(16-17)28-15-9-14-26-12-7-8-13-26/h10-11,16H,5-9,12-15H2,1-4H3,(H2,22,23,24,25). The van der Waals surface area contributed by atoms with Crippen LogP contribution in [0.5, 0.6) is 11.5 Å². The Morgan fingerprint density at radius 2 is 1.86 bits per heavy atom. The topological polar surface area (TPSA) is 70.5 Å². The second kappa shape index (κ2) is 12.2. The Labute approximate surface area is 169 Å². The summed E-state index contributed by atoms with van der Waals surface area (Å²) in [6.45, 7) is 8.84. The van der Waals surface area contributed by atoms with Gasteiger partial charge in [0.2, 0.25) is 5.96 Å². The van der Waals surface area contributed by atoms with Gasteiger partial charge >= 0.3 is 0 Å². The SMILES string of the molecule is CCOc1ccc(NC(=NC)NC(CC)=NC)cc1OCCCN1CCCC1. The highest BCUT2D eigenvalue weighted by Gasteiger charge is 2.12. The molecule has 0 amide bonds. The monoisotopic (exact) mass is 389 g/mol. The molecule has 28 heavy (non-hydrogen) atoms. The van der Waals surface area contributed by atoms with Crippen LogP contribution in [-0.2, 0) is 0 Å². The van der Waals surface area contributed by atoms with Gasteiger partial charge in [0.15, 0.2) is 11.5 Å². The van der Waals surface area contributed by atoms with Gasteiger partial charge in [-0.25, -0.2) is 0 Å². The van der Waals surface area contributed by atoms with Crippen molar-refractivity contribution in [1.82, 2.24) is 10.2 Å². The molecule has 1 heterocycles. The summed E-state index contributed by atoms with van der Waals surface area (Å²) in [6.07, 6.45) is 4.47. The largest absolute Gasteiger partial charge is 0.490 e. The molecule has 1 aromatic rings. The number of likely N-dealkylation sites (tertiary alicyclic amines) is 1. The molecule has 7 nitrogen and oxygen atoms in total. The second-order valence-corrected chi connectivity index (χ2v) is 6.69. The zero-order valence-corrected chi connectivity index (χ0v) is 17.8. The van der Waals surface area contributed by atoms with E-state index in [4.69, 9.17) is 9.47 Å². The van der Waals surface area contributed by atoms with Gasteiger partial charge in [0, 0.05) is 38.8 Å². The van der Waals surface area contributed by atoms with Gasteiger partial charge in [-0.3, -0.25) is 9.98 Å². The zero-order valence-electron chi connectivity index (χ0n) is 17.8. The van der Waals surface area contributed by atoms with Crippen LogP contribution in [0.3, 0.4) is 0 Å². The molecule has 0 unspecified atom stereocenters. The van der Waals surface area contributed by atoms with Crippen LogP contribution in [0.2, 0.25) is 0 Å². The normalized spacial score (nSPS) is 15.6. The van der Waals surface area contributed by atoms with Gasteiger partial charge in [-0.1, -0.05) is 6.92 Å². The molecule has 1 saturated heterocycles. The summed E-state index contributed by atoms with van der Waals surface area (Å²) in [6, 6.07) is 5.86. The van der Waals surface area contributed by atoms with Crippen molar-refractivity contribution in [2.45, 2.75) is 39.5 Å². The number of hydrogen-bond donors (Lipinski definition) is 2. The summed E-state index contributed by atoms with van der Waals surface area (Å²) in [5, 5.41) is 6.49. The van der Waals surface area contributed by atoms with Crippen molar-refractivity contribution < 1.29 is 9.47 Å². The minimum Gasteiger partial charge on any atom is -0.490 e. The van der Waals surface area contributed by atoms with E-state index < -0.39 is 0 Å². The molecule has 1 fully saturated rings. The molecule has 0 aromatic heterocycles. The molecule has 0 atom stereocenters. The Hall–Kier alpha value is -2.28. The third-order valence-corrected chi connectivity index (χ3v) is 4.67. The lowest BCUT2D eigenvalue weighted by atomic mass is 10.2. The molecular formula is C21H35N5O2. The molecule has 2 N–H and O–H groups in total. The maximum absolute atomic E-state index is 6.05. The van der Waals surface area contributed by atoms with Crippen LogP contribution in [0.1, 0.15) is 39.5 Å². The number of benzene rings is 1. The molecule has 2 rings (SSSR count). The van der Waals surface area contributed by atoms with Gasteiger partial charge in [-0.15, -0.1) is 0 Å². The average Bonchev–Trinajstić information content (AvgIpc) is 3.23. The first-order valence-electron chi connectivity index (χ1n) is 10.3. The lowest BCUT2D eigenvalue weighted by molar-refractivity contribution is 0.248. The van der Waals surface area contributed by atoms with Crippen molar-refractivity contribution in [3.63, 3.8) is 0 Å². The highest BCUT2D eigenvalue weighted by molar-refractivity contribution is 6.05. The van der Waals surface area contributed by atoms with Crippen molar-refractivity contribution in [2.75, 3.05) is 52.3 Å². The molecule has 7 heteroatoms. The van der Waals surface area contributed by atoms with Crippen LogP contribution in [0.4, 0.5) is 5.69 Å². The first kappa shape index (κ1) is 22.0. The number of guanidine groups is 1. The summed E-state index contributed by atoms with van der Waals surface area (Å²) < 4.78 is 11.8. The predicted molar refractivity (Wildman–Crippen MR) is 117 cm³/mol. The maximum Gasteiger partial charge on any atom is 0.200 e. The number of amidine groups is 1. The molecule has 0 saturated carbocycles. The fourth-order valence-corrected chi connectivity index (χ4v) is 3.17. The highest BCUT2D eigenvalue weighted by atomic mass is 16.5. The lowest BCUT2D eigenvalue weighted by Gasteiger charge is -2.17. The Bertz CT molecular complexity index is 654. The molecule has 0 bridgehead atoms. The molecule has 0 aliphatic carbocycles. The molecular weight excluding hydrogens is 354 g/mol. The minimum atomic E-state index is 0.604. The van der Waals surface area contributed by atoms with E-state index in [-0.39, 0.29) is 0 Å². The van der Waals surface area contributed by atoms with Crippen molar-refractivity contribution in [1.29, 1.82) is 0 Å². The minimum absolute atomic E-state index is 0.604. The van der Waals surface area contributed by atoms with Crippen LogP contribution in [-0.4, -0.2) is 63.6 Å². The van der Waals surface area contributed by atoms with E-state index in [0.717, 1.165) is 42.4 Å². The second-order valence-electron chi connectivity index (χ2n) is 6.69. The van der Waals surface area contributed by atoms with E-state index in [1.54, 1.807) is 14.1 Å². The third-order valence-electron chi connectivity index (χ3n) is 4.67. The van der Waals surface area contributed by atoms with Crippen molar-refractivity contribution in [3.8, 4) is 11.5 Å². The first-order valence-corrected chi connectivity index (χ1v) is 10.3. The van der Waals surface area contributed by atoms with Crippen LogP contribution in [0.15, 0.2) is 28.2 Å². The molecule has 156 valence electrons. The summed E-state index contributed by atoms with van der Waals surface area (Å²) in [4.78, 5) is 11.0. The fourth-order valence-electron chi connectivity index (χ4n) is 3.17. The molecule has 1 aromatic carbocycles. The average molecular weight is 390 g/mol. The molecule has 1 aliphatic rings. The summed E-state index contributed by atoms with van der Waals surface area (Å²) in [7, 11) is 3.51. The van der Waals surface area contributed by atoms with E-state index in [9.17, 15) is 0 Å². The number of nitrogens with zero attached hydrogens (tertiary/aromatic N) is 3. The van der Waals surface area contributed by atoms with E-state index >= 15 is 0 Å². The first-order chi connectivity index (χ1) is 13.7. The maximum atomic E-state index is 6.05. The van der Waals surface area contributed by atoms with Gasteiger partial charge in [0.1, 0.15) is 5.84 Å². The summed E-state index contributed by atoms with van der Waals surface area (Å²) in [5.41, 5.74) is 0.887. The van der Waals surface area contributed by atoms with Crippen molar-refractivity contribution in [2.24, 2.45) is 9.98 Å². The quantitative estimate of drug-likeness (QED) is 0.385. The fraction of sp³-hybridized carbons (Fsp3) is 0.619. The van der Waals surface area contributed by atoms with Crippen LogP contribution in [0.25, 0.3) is 0 Å². The third kappa shape index (κ3) is 7.03. The Morgan fingerprint density at radius 3 is 2.50 bits per heavy atom. The number of hydrogen-bond acceptors (Lipinski definition) is 5. The van der Waals surface area contributed by atoms with Crippen molar-refractivity contribution >= 4 is 17.5 Å². The number of aliphatic imine (C=N–C) groups is 2. The summed E-state index contributed by atoms with van der Waals surface area (Å²) >= 11 is 0. The van der Waals surface area contributed by atoms with E-state index in [0.29, 0.717) is 19.2 Å². The Kier molecular flexibility index (Phi) is 9.62. The molecule has 0 spiro atoms. The zero-order chi connectivity index (χ0) is 20.2. The van der Waals surface area contributed by atoms with Crippen LogP contribution in [0, 0.1) is 0 Å². The smallest absolute Gasteiger partial charge is 0.200 e.